The Labute approximate surface area is 178 Å². The maximum Gasteiger partial charge on any atom is 0.490 e. The highest BCUT2D eigenvalue weighted by molar-refractivity contribution is 5.78. The Hall–Kier alpha value is -2.40. The van der Waals surface area contributed by atoms with Crippen LogP contribution < -0.4 is 4.74 Å². The van der Waals surface area contributed by atoms with E-state index >= 15 is 0 Å². The summed E-state index contributed by atoms with van der Waals surface area (Å²) in [5.41, 5.74) is 0. The van der Waals surface area contributed by atoms with Gasteiger partial charge >= 0.3 is 12.1 Å². The zero-order valence-corrected chi connectivity index (χ0v) is 17.7. The van der Waals surface area contributed by atoms with E-state index in [1.807, 2.05) is 19.0 Å². The monoisotopic (exact) mass is 452 g/mol. The molecular weight excluding hydrogens is 424 g/mol. The van der Waals surface area contributed by atoms with Crippen LogP contribution in [0.3, 0.4) is 0 Å². The van der Waals surface area contributed by atoms with Crippen LogP contribution in [0.2, 0.25) is 0 Å². The first-order chi connectivity index (χ1) is 14.4. The molecule has 2 rings (SSSR count). The van der Waals surface area contributed by atoms with Crippen LogP contribution in [0.25, 0.3) is 0 Å². The Balaban J connectivity index is 0.000000592. The number of hydrogen-bond donors (Lipinski definition) is 1. The maximum atomic E-state index is 12.9. The van der Waals surface area contributed by atoms with Crippen LogP contribution >= 0.6 is 0 Å². The molecule has 0 aliphatic carbocycles. The summed E-state index contributed by atoms with van der Waals surface area (Å²) in [6.07, 6.45) is -4.10. The highest BCUT2D eigenvalue weighted by Gasteiger charge is 2.38. The van der Waals surface area contributed by atoms with Crippen LogP contribution in [0.1, 0.15) is 13.3 Å². The van der Waals surface area contributed by atoms with Gasteiger partial charge in [0.05, 0.1) is 13.2 Å². The number of ether oxygens (including phenoxy) is 2. The van der Waals surface area contributed by atoms with Gasteiger partial charge in [-0.3, -0.25) is 4.79 Å². The lowest BCUT2D eigenvalue weighted by atomic mass is 9.97. The van der Waals surface area contributed by atoms with E-state index in [0.29, 0.717) is 31.4 Å². The zero-order valence-electron chi connectivity index (χ0n) is 17.7. The molecule has 1 heterocycles. The molecule has 0 bridgehead atoms. The molecular formula is C20H28F4N2O5. The van der Waals surface area contributed by atoms with E-state index < -0.39 is 12.1 Å². The van der Waals surface area contributed by atoms with Crippen LogP contribution in [0.15, 0.2) is 24.3 Å². The zero-order chi connectivity index (χ0) is 23.6. The van der Waals surface area contributed by atoms with Crippen molar-refractivity contribution in [1.29, 1.82) is 0 Å². The third-order valence-electron chi connectivity index (χ3n) is 4.67. The number of benzene rings is 1. The van der Waals surface area contributed by atoms with E-state index in [9.17, 15) is 22.4 Å². The number of alkyl halides is 3. The fraction of sp³-hybridized carbons (Fsp3) is 0.600. The fourth-order valence-electron chi connectivity index (χ4n) is 2.85. The first-order valence-corrected chi connectivity index (χ1v) is 9.62. The average molecular weight is 452 g/mol. The number of carbonyl (C=O) groups is 2. The second kappa shape index (κ2) is 12.5. The van der Waals surface area contributed by atoms with E-state index in [4.69, 9.17) is 19.4 Å². The van der Waals surface area contributed by atoms with Crippen LogP contribution in [-0.2, 0) is 14.3 Å². The quantitative estimate of drug-likeness (QED) is 0.669. The molecule has 2 atom stereocenters. The van der Waals surface area contributed by atoms with E-state index in [0.717, 1.165) is 13.0 Å². The van der Waals surface area contributed by atoms with E-state index in [1.54, 1.807) is 0 Å². The third kappa shape index (κ3) is 9.97. The summed E-state index contributed by atoms with van der Waals surface area (Å²) in [6.45, 7) is 4.79. The number of carbonyl (C=O) groups excluding carboxylic acids is 1. The molecule has 1 aromatic rings. The van der Waals surface area contributed by atoms with Crippen molar-refractivity contribution in [3.05, 3.63) is 30.1 Å². The minimum atomic E-state index is -5.08. The summed E-state index contributed by atoms with van der Waals surface area (Å²) < 4.78 is 55.8. The van der Waals surface area contributed by atoms with Crippen molar-refractivity contribution >= 4 is 11.9 Å². The Kier molecular flexibility index (Phi) is 10.7. The number of halogens is 4. The van der Waals surface area contributed by atoms with Gasteiger partial charge in [0.2, 0.25) is 0 Å². The molecule has 1 aliphatic rings. The average Bonchev–Trinajstić information content (AvgIpc) is 2.87. The number of rotatable bonds is 6. The Bertz CT molecular complexity index is 698. The topological polar surface area (TPSA) is 79.3 Å². The van der Waals surface area contributed by atoms with Gasteiger partial charge in [0.15, 0.2) is 6.61 Å². The van der Waals surface area contributed by atoms with Crippen molar-refractivity contribution < 1.29 is 41.7 Å². The molecule has 31 heavy (non-hydrogen) atoms. The molecule has 1 aromatic carbocycles. The van der Waals surface area contributed by atoms with Crippen LogP contribution in [0, 0.1) is 11.7 Å². The van der Waals surface area contributed by atoms with Gasteiger partial charge in [-0.15, -0.1) is 0 Å². The summed E-state index contributed by atoms with van der Waals surface area (Å²) in [4.78, 5) is 25.4. The van der Waals surface area contributed by atoms with Crippen LogP contribution in [0.4, 0.5) is 17.6 Å². The van der Waals surface area contributed by atoms with Crippen molar-refractivity contribution in [1.82, 2.24) is 9.80 Å². The van der Waals surface area contributed by atoms with Gasteiger partial charge in [0, 0.05) is 18.5 Å². The first kappa shape index (κ1) is 26.6. The molecule has 11 heteroatoms. The molecule has 1 fully saturated rings. The van der Waals surface area contributed by atoms with Crippen molar-refractivity contribution in [3.8, 4) is 5.75 Å². The molecule has 0 spiro atoms. The van der Waals surface area contributed by atoms with E-state index in [2.05, 4.69) is 11.8 Å². The molecule has 0 unspecified atom stereocenters. The molecule has 1 aliphatic heterocycles. The SMILES string of the molecule is C[C@H]1[C@H](CCN(C)C)COCCN1C(=O)COc1ccc(F)cc1.O=C(O)C(F)(F)F. The second-order valence-electron chi connectivity index (χ2n) is 7.30. The summed E-state index contributed by atoms with van der Waals surface area (Å²) in [6, 6.07) is 5.80. The largest absolute Gasteiger partial charge is 0.490 e. The van der Waals surface area contributed by atoms with Crippen LogP contribution in [-0.4, -0.2) is 86.0 Å². The second-order valence-corrected chi connectivity index (χ2v) is 7.30. The van der Waals surface area contributed by atoms with Crippen molar-refractivity contribution in [3.63, 3.8) is 0 Å². The Morgan fingerprint density at radius 1 is 1.26 bits per heavy atom. The molecule has 176 valence electrons. The molecule has 0 radical (unpaired) electrons. The summed E-state index contributed by atoms with van der Waals surface area (Å²) in [5, 5.41) is 7.12. The van der Waals surface area contributed by atoms with Crippen molar-refractivity contribution in [2.45, 2.75) is 25.6 Å². The lowest BCUT2D eigenvalue weighted by Crippen LogP contribution is -2.45. The normalized spacial score (nSPS) is 19.3. The predicted molar refractivity (Wildman–Crippen MR) is 104 cm³/mol. The van der Waals surface area contributed by atoms with Crippen molar-refractivity contribution in [2.75, 3.05) is 47.0 Å². The number of hydrogen-bond acceptors (Lipinski definition) is 5. The molecule has 0 aromatic heterocycles. The van der Waals surface area contributed by atoms with Crippen LogP contribution in [0.5, 0.6) is 5.75 Å². The predicted octanol–water partition coefficient (Wildman–Crippen LogP) is 2.65. The fourth-order valence-corrected chi connectivity index (χ4v) is 2.85. The number of carboxylic acid groups (broad SMARTS) is 1. The highest BCUT2D eigenvalue weighted by atomic mass is 19.4. The minimum absolute atomic E-state index is 0.0453. The number of aliphatic carboxylic acids is 1. The number of carboxylic acids is 1. The highest BCUT2D eigenvalue weighted by Crippen LogP contribution is 2.20. The third-order valence-corrected chi connectivity index (χ3v) is 4.67. The maximum absolute atomic E-state index is 12.9. The Morgan fingerprint density at radius 2 is 1.84 bits per heavy atom. The van der Waals surface area contributed by atoms with E-state index in [-0.39, 0.29) is 24.4 Å². The smallest absolute Gasteiger partial charge is 0.484 e. The first-order valence-electron chi connectivity index (χ1n) is 9.62. The van der Waals surface area contributed by atoms with Gasteiger partial charge in [-0.05, 0) is 58.3 Å². The Morgan fingerprint density at radius 3 is 2.35 bits per heavy atom. The summed E-state index contributed by atoms with van der Waals surface area (Å²) in [5.74, 6) is -2.34. The number of amides is 1. The summed E-state index contributed by atoms with van der Waals surface area (Å²) >= 11 is 0. The molecule has 7 nitrogen and oxygen atoms in total. The molecule has 1 amide bonds. The van der Waals surface area contributed by atoms with Gasteiger partial charge in [-0.2, -0.15) is 13.2 Å². The molecule has 1 N–H and O–H groups in total. The number of nitrogens with zero attached hydrogens (tertiary/aromatic N) is 2. The summed E-state index contributed by atoms with van der Waals surface area (Å²) in [7, 11) is 4.09. The van der Waals surface area contributed by atoms with Gasteiger partial charge in [0.25, 0.3) is 5.91 Å². The standard InChI is InChI=1S/C18H27FN2O3.C2HF3O2/c1-14-15(8-9-20(2)3)12-23-11-10-21(14)18(22)13-24-17-6-4-16(19)5-7-17;3-2(4,5)1(6)7/h4-7,14-15H,8-13H2,1-3H3;(H,6,7)/t14-,15+;/m0./s1. The van der Waals surface area contributed by atoms with Crippen molar-refractivity contribution in [2.24, 2.45) is 5.92 Å². The van der Waals surface area contributed by atoms with Gasteiger partial charge in [-0.25, -0.2) is 9.18 Å². The lowest BCUT2D eigenvalue weighted by molar-refractivity contribution is -0.192. The van der Waals surface area contributed by atoms with Gasteiger partial charge in [-0.1, -0.05) is 0 Å². The van der Waals surface area contributed by atoms with Gasteiger partial charge < -0.3 is 24.4 Å². The van der Waals surface area contributed by atoms with Gasteiger partial charge in [0.1, 0.15) is 11.6 Å². The molecule has 0 saturated carbocycles. The molecule has 1 saturated heterocycles. The minimum Gasteiger partial charge on any atom is -0.484 e. The van der Waals surface area contributed by atoms with E-state index in [1.165, 1.54) is 24.3 Å². The lowest BCUT2D eigenvalue weighted by Gasteiger charge is -2.32.